The molecular weight excluding hydrogens is 242 g/mol. The van der Waals surface area contributed by atoms with Crippen molar-refractivity contribution in [2.75, 3.05) is 20.2 Å². The molecule has 102 valence electrons. The Balaban J connectivity index is 1.90. The average molecular weight is 261 g/mol. The molecule has 4 nitrogen and oxygen atoms in total. The van der Waals surface area contributed by atoms with E-state index in [1.54, 1.807) is 4.90 Å². The first-order valence-electron chi connectivity index (χ1n) is 6.51. The number of rotatable bonds is 4. The lowest BCUT2D eigenvalue weighted by molar-refractivity contribution is -0.145. The molecule has 2 rings (SSSR count). The summed E-state index contributed by atoms with van der Waals surface area (Å²) in [7, 11) is 1.36. The van der Waals surface area contributed by atoms with Crippen LogP contribution in [0.4, 0.5) is 0 Å². The van der Waals surface area contributed by atoms with E-state index in [0.717, 1.165) is 6.42 Å². The summed E-state index contributed by atoms with van der Waals surface area (Å²) in [5.74, 6) is -0.538. The first-order chi connectivity index (χ1) is 9.10. The van der Waals surface area contributed by atoms with Gasteiger partial charge in [-0.15, -0.1) is 0 Å². The maximum absolute atomic E-state index is 11.8. The SMILES string of the molecule is COC(=O)C1CC(=O)N(CCc2cccc(C)c2)C1. The predicted octanol–water partition coefficient (Wildman–Crippen LogP) is 1.56. The van der Waals surface area contributed by atoms with Crippen LogP contribution in [0.15, 0.2) is 24.3 Å². The van der Waals surface area contributed by atoms with Crippen molar-refractivity contribution < 1.29 is 14.3 Å². The third kappa shape index (κ3) is 3.34. The van der Waals surface area contributed by atoms with Crippen molar-refractivity contribution in [3.63, 3.8) is 0 Å². The van der Waals surface area contributed by atoms with Crippen molar-refractivity contribution in [1.82, 2.24) is 4.90 Å². The second-order valence-electron chi connectivity index (χ2n) is 5.00. The third-order valence-electron chi connectivity index (χ3n) is 3.50. The molecule has 0 aromatic heterocycles. The zero-order valence-electron chi connectivity index (χ0n) is 11.4. The fourth-order valence-corrected chi connectivity index (χ4v) is 2.44. The summed E-state index contributed by atoms with van der Waals surface area (Å²) in [6.45, 7) is 3.20. The molecule has 1 aromatic carbocycles. The molecule has 1 aliphatic rings. The van der Waals surface area contributed by atoms with Gasteiger partial charge in [-0.3, -0.25) is 9.59 Å². The molecule has 0 aliphatic carbocycles. The number of hydrogen-bond acceptors (Lipinski definition) is 3. The second kappa shape index (κ2) is 5.87. The molecule has 19 heavy (non-hydrogen) atoms. The molecule has 0 spiro atoms. The molecule has 1 amide bonds. The summed E-state index contributed by atoms with van der Waals surface area (Å²) < 4.78 is 4.69. The van der Waals surface area contributed by atoms with Crippen LogP contribution in [0.1, 0.15) is 17.5 Å². The predicted molar refractivity (Wildman–Crippen MR) is 71.6 cm³/mol. The molecule has 0 bridgehead atoms. The number of esters is 1. The standard InChI is InChI=1S/C15H19NO3/c1-11-4-3-5-12(8-11)6-7-16-10-13(9-14(16)17)15(18)19-2/h3-5,8,13H,6-7,9-10H2,1-2H3. The van der Waals surface area contributed by atoms with Crippen LogP contribution in [0, 0.1) is 12.8 Å². The number of carbonyl (C=O) groups is 2. The van der Waals surface area contributed by atoms with Gasteiger partial charge in [0.25, 0.3) is 0 Å². The first-order valence-corrected chi connectivity index (χ1v) is 6.51. The molecule has 1 unspecified atom stereocenters. The van der Waals surface area contributed by atoms with Crippen molar-refractivity contribution in [2.45, 2.75) is 19.8 Å². The average Bonchev–Trinajstić information content (AvgIpc) is 2.77. The highest BCUT2D eigenvalue weighted by Gasteiger charge is 2.34. The van der Waals surface area contributed by atoms with E-state index in [0.29, 0.717) is 13.1 Å². The molecule has 1 atom stereocenters. The van der Waals surface area contributed by atoms with E-state index in [9.17, 15) is 9.59 Å². The van der Waals surface area contributed by atoms with Crippen LogP contribution in [-0.4, -0.2) is 37.0 Å². The zero-order valence-corrected chi connectivity index (χ0v) is 11.4. The van der Waals surface area contributed by atoms with Gasteiger partial charge in [0, 0.05) is 19.5 Å². The molecule has 1 saturated heterocycles. The number of methoxy groups -OCH3 is 1. The first kappa shape index (κ1) is 13.6. The Morgan fingerprint density at radius 2 is 2.26 bits per heavy atom. The van der Waals surface area contributed by atoms with E-state index in [1.165, 1.54) is 18.2 Å². The van der Waals surface area contributed by atoms with E-state index < -0.39 is 0 Å². The van der Waals surface area contributed by atoms with E-state index in [2.05, 4.69) is 25.1 Å². The molecule has 1 fully saturated rings. The van der Waals surface area contributed by atoms with Gasteiger partial charge in [-0.05, 0) is 18.9 Å². The number of hydrogen-bond donors (Lipinski definition) is 0. The highest BCUT2D eigenvalue weighted by Crippen LogP contribution is 2.19. The summed E-state index contributed by atoms with van der Waals surface area (Å²) in [5.41, 5.74) is 2.44. The van der Waals surface area contributed by atoms with Crippen LogP contribution in [0.2, 0.25) is 0 Å². The van der Waals surface area contributed by atoms with Crippen LogP contribution >= 0.6 is 0 Å². The quantitative estimate of drug-likeness (QED) is 0.773. The van der Waals surface area contributed by atoms with Crippen molar-refractivity contribution in [3.8, 4) is 0 Å². The van der Waals surface area contributed by atoms with Crippen LogP contribution < -0.4 is 0 Å². The van der Waals surface area contributed by atoms with Gasteiger partial charge in [0.15, 0.2) is 0 Å². The van der Waals surface area contributed by atoms with E-state index in [-0.39, 0.29) is 24.2 Å². The van der Waals surface area contributed by atoms with Crippen molar-refractivity contribution >= 4 is 11.9 Å². The van der Waals surface area contributed by atoms with E-state index >= 15 is 0 Å². The lowest BCUT2D eigenvalue weighted by Crippen LogP contribution is -2.28. The van der Waals surface area contributed by atoms with Gasteiger partial charge in [-0.25, -0.2) is 0 Å². The topological polar surface area (TPSA) is 46.6 Å². The largest absolute Gasteiger partial charge is 0.469 e. The molecule has 1 aromatic rings. The Labute approximate surface area is 113 Å². The van der Waals surface area contributed by atoms with Gasteiger partial charge >= 0.3 is 5.97 Å². The number of ether oxygens (including phenoxy) is 1. The number of carbonyl (C=O) groups excluding carboxylic acids is 2. The molecule has 0 radical (unpaired) electrons. The van der Waals surface area contributed by atoms with Gasteiger partial charge in [0.2, 0.25) is 5.91 Å². The highest BCUT2D eigenvalue weighted by molar-refractivity contribution is 5.86. The monoisotopic (exact) mass is 261 g/mol. The number of likely N-dealkylation sites (tertiary alicyclic amines) is 1. The molecule has 4 heteroatoms. The lowest BCUT2D eigenvalue weighted by atomic mass is 10.1. The van der Waals surface area contributed by atoms with Gasteiger partial charge in [0.1, 0.15) is 0 Å². The maximum atomic E-state index is 11.8. The third-order valence-corrected chi connectivity index (χ3v) is 3.50. The fraction of sp³-hybridized carbons (Fsp3) is 0.467. The summed E-state index contributed by atoms with van der Waals surface area (Å²) in [6, 6.07) is 8.26. The summed E-state index contributed by atoms with van der Waals surface area (Å²) in [5, 5.41) is 0. The molecular formula is C15H19NO3. The Hall–Kier alpha value is -1.84. The van der Waals surface area contributed by atoms with E-state index in [4.69, 9.17) is 4.74 Å². The van der Waals surface area contributed by atoms with Crippen molar-refractivity contribution in [2.24, 2.45) is 5.92 Å². The number of nitrogens with zero attached hydrogens (tertiary/aromatic N) is 1. The number of amides is 1. The Bertz CT molecular complexity index is 484. The minimum atomic E-state index is -0.296. The summed E-state index contributed by atoms with van der Waals surface area (Å²) in [6.07, 6.45) is 1.10. The summed E-state index contributed by atoms with van der Waals surface area (Å²) >= 11 is 0. The molecule has 0 N–H and O–H groups in total. The number of aryl methyl sites for hydroxylation is 1. The second-order valence-corrected chi connectivity index (χ2v) is 5.00. The van der Waals surface area contributed by atoms with Gasteiger partial charge < -0.3 is 9.64 Å². The molecule has 1 heterocycles. The Morgan fingerprint density at radius 1 is 1.47 bits per heavy atom. The zero-order chi connectivity index (χ0) is 13.8. The smallest absolute Gasteiger partial charge is 0.310 e. The normalized spacial score (nSPS) is 18.7. The van der Waals surface area contributed by atoms with Crippen LogP contribution in [0.25, 0.3) is 0 Å². The Kier molecular flexibility index (Phi) is 4.20. The number of benzene rings is 1. The van der Waals surface area contributed by atoms with Gasteiger partial charge in [-0.1, -0.05) is 29.8 Å². The lowest BCUT2D eigenvalue weighted by Gasteiger charge is -2.16. The highest BCUT2D eigenvalue weighted by atomic mass is 16.5. The van der Waals surface area contributed by atoms with Crippen molar-refractivity contribution in [3.05, 3.63) is 35.4 Å². The van der Waals surface area contributed by atoms with Crippen molar-refractivity contribution in [1.29, 1.82) is 0 Å². The van der Waals surface area contributed by atoms with Crippen LogP contribution in [0.3, 0.4) is 0 Å². The Morgan fingerprint density at radius 3 is 2.95 bits per heavy atom. The fourth-order valence-electron chi connectivity index (χ4n) is 2.44. The molecule has 1 aliphatic heterocycles. The maximum Gasteiger partial charge on any atom is 0.310 e. The van der Waals surface area contributed by atoms with E-state index in [1.807, 2.05) is 6.07 Å². The van der Waals surface area contributed by atoms with Gasteiger partial charge in [-0.2, -0.15) is 0 Å². The van der Waals surface area contributed by atoms with Crippen LogP contribution in [0.5, 0.6) is 0 Å². The minimum Gasteiger partial charge on any atom is -0.469 e. The van der Waals surface area contributed by atoms with Gasteiger partial charge in [0.05, 0.1) is 13.0 Å². The summed E-state index contributed by atoms with van der Waals surface area (Å²) in [4.78, 5) is 25.0. The van der Waals surface area contributed by atoms with Crippen LogP contribution in [-0.2, 0) is 20.7 Å². The molecule has 0 saturated carbocycles. The minimum absolute atomic E-state index is 0.0445.